The van der Waals surface area contributed by atoms with Crippen LogP contribution in [0, 0.1) is 13.8 Å². The van der Waals surface area contributed by atoms with E-state index in [2.05, 4.69) is 41.8 Å². The van der Waals surface area contributed by atoms with E-state index in [9.17, 15) is 8.42 Å². The Kier molecular flexibility index (Phi) is 4.87. The van der Waals surface area contributed by atoms with Gasteiger partial charge in [0.1, 0.15) is 0 Å². The summed E-state index contributed by atoms with van der Waals surface area (Å²) in [6, 6.07) is 13.6. The number of anilines is 1. The summed E-state index contributed by atoms with van der Waals surface area (Å²) in [5.74, 6) is 0. The summed E-state index contributed by atoms with van der Waals surface area (Å²) in [6.07, 6.45) is 2.92. The van der Waals surface area contributed by atoms with Gasteiger partial charge in [-0.3, -0.25) is 4.72 Å². The van der Waals surface area contributed by atoms with Gasteiger partial charge in [0.25, 0.3) is 10.0 Å². The number of hydrogen-bond donors (Lipinski definition) is 1. The third kappa shape index (κ3) is 4.24. The van der Waals surface area contributed by atoms with Crippen LogP contribution < -0.4 is 4.72 Å². The first-order valence-corrected chi connectivity index (χ1v) is 9.99. The maximum Gasteiger partial charge on any atom is 0.280 e. The highest BCUT2D eigenvalue weighted by molar-refractivity contribution is 7.99. The molecule has 0 aliphatic heterocycles. The molecule has 5 nitrogen and oxygen atoms in total. The number of benzene rings is 2. The van der Waals surface area contributed by atoms with Gasteiger partial charge < -0.3 is 4.57 Å². The van der Waals surface area contributed by atoms with Gasteiger partial charge in [-0.05, 0) is 61.4 Å². The third-order valence-electron chi connectivity index (χ3n) is 3.78. The Hall–Kier alpha value is -2.25. The monoisotopic (exact) mass is 373 g/mol. The topological polar surface area (TPSA) is 64.0 Å². The molecule has 0 atom stereocenters. The van der Waals surface area contributed by atoms with Gasteiger partial charge in [0.15, 0.2) is 5.03 Å². The highest BCUT2D eigenvalue weighted by Gasteiger charge is 2.16. The molecule has 0 bridgehead atoms. The van der Waals surface area contributed by atoms with Gasteiger partial charge >= 0.3 is 0 Å². The lowest BCUT2D eigenvalue weighted by molar-refractivity contribution is 0.598. The molecule has 3 rings (SSSR count). The molecule has 0 unspecified atom stereocenters. The van der Waals surface area contributed by atoms with Crippen LogP contribution in [0.2, 0.25) is 0 Å². The van der Waals surface area contributed by atoms with Gasteiger partial charge in [-0.15, -0.1) is 0 Å². The van der Waals surface area contributed by atoms with Crippen molar-refractivity contribution in [2.45, 2.75) is 28.7 Å². The van der Waals surface area contributed by atoms with Crippen molar-refractivity contribution in [1.29, 1.82) is 0 Å². The molecular weight excluding hydrogens is 354 g/mol. The van der Waals surface area contributed by atoms with Crippen LogP contribution >= 0.6 is 11.8 Å². The number of aromatic nitrogens is 2. The molecule has 0 amide bonds. The molecule has 3 aromatic rings. The summed E-state index contributed by atoms with van der Waals surface area (Å²) in [4.78, 5) is 6.08. The number of nitrogens with one attached hydrogen (secondary N) is 1. The predicted octanol–water partition coefficient (Wildman–Crippen LogP) is 3.99. The number of rotatable bonds is 5. The highest BCUT2D eigenvalue weighted by atomic mass is 32.2. The first-order valence-electron chi connectivity index (χ1n) is 7.69. The van der Waals surface area contributed by atoms with Crippen molar-refractivity contribution in [2.24, 2.45) is 7.05 Å². The first kappa shape index (κ1) is 17.6. The number of imidazole rings is 1. The van der Waals surface area contributed by atoms with Crippen molar-refractivity contribution in [1.82, 2.24) is 9.55 Å². The van der Waals surface area contributed by atoms with Crippen LogP contribution in [-0.4, -0.2) is 18.0 Å². The Morgan fingerprint density at radius 2 is 1.68 bits per heavy atom. The Morgan fingerprint density at radius 3 is 2.28 bits per heavy atom. The maximum atomic E-state index is 12.3. The number of aryl methyl sites for hydroxylation is 3. The van der Waals surface area contributed by atoms with E-state index in [-0.39, 0.29) is 5.03 Å². The summed E-state index contributed by atoms with van der Waals surface area (Å²) < 4.78 is 28.7. The molecule has 0 aliphatic carbocycles. The van der Waals surface area contributed by atoms with Crippen LogP contribution in [0.3, 0.4) is 0 Å². The molecule has 0 saturated heterocycles. The summed E-state index contributed by atoms with van der Waals surface area (Å²) in [6.45, 7) is 4.18. The zero-order chi connectivity index (χ0) is 18.0. The molecule has 130 valence electrons. The van der Waals surface area contributed by atoms with E-state index < -0.39 is 10.0 Å². The van der Waals surface area contributed by atoms with E-state index in [1.165, 1.54) is 23.7 Å². The highest BCUT2D eigenvalue weighted by Crippen LogP contribution is 2.30. The fourth-order valence-corrected chi connectivity index (χ4v) is 4.20. The van der Waals surface area contributed by atoms with Crippen molar-refractivity contribution < 1.29 is 8.42 Å². The van der Waals surface area contributed by atoms with Crippen molar-refractivity contribution in [3.8, 4) is 0 Å². The largest absolute Gasteiger partial charge is 0.339 e. The zero-order valence-corrected chi connectivity index (χ0v) is 15.9. The fourth-order valence-electron chi connectivity index (χ4n) is 2.24. The molecule has 0 saturated carbocycles. The van der Waals surface area contributed by atoms with Crippen molar-refractivity contribution in [3.63, 3.8) is 0 Å². The molecule has 0 spiro atoms. The number of hydrogen-bond acceptors (Lipinski definition) is 4. The van der Waals surface area contributed by atoms with Crippen LogP contribution in [-0.2, 0) is 17.1 Å². The Labute approximate surface area is 152 Å². The molecule has 1 N–H and O–H groups in total. The SMILES string of the molecule is Cc1ccc(Sc2ccc(NS(=O)(=O)c3cn(C)cn3)cc2)cc1C. The van der Waals surface area contributed by atoms with E-state index in [1.54, 1.807) is 35.5 Å². The lowest BCUT2D eigenvalue weighted by Crippen LogP contribution is -2.13. The second kappa shape index (κ2) is 6.93. The molecule has 7 heteroatoms. The van der Waals surface area contributed by atoms with Gasteiger partial charge in [-0.1, -0.05) is 17.8 Å². The third-order valence-corrected chi connectivity index (χ3v) is 6.04. The summed E-state index contributed by atoms with van der Waals surface area (Å²) >= 11 is 1.64. The smallest absolute Gasteiger partial charge is 0.280 e. The number of nitrogens with zero attached hydrogens (tertiary/aromatic N) is 2. The van der Waals surface area contributed by atoms with Crippen LogP contribution in [0.4, 0.5) is 5.69 Å². The van der Waals surface area contributed by atoms with Gasteiger partial charge in [-0.2, -0.15) is 8.42 Å². The predicted molar refractivity (Wildman–Crippen MR) is 100 cm³/mol. The van der Waals surface area contributed by atoms with Gasteiger partial charge in [0.05, 0.1) is 6.33 Å². The molecule has 1 heterocycles. The van der Waals surface area contributed by atoms with E-state index in [0.29, 0.717) is 5.69 Å². The van der Waals surface area contributed by atoms with E-state index in [1.807, 2.05) is 12.1 Å². The molecule has 0 radical (unpaired) electrons. The fraction of sp³-hybridized carbons (Fsp3) is 0.167. The maximum absolute atomic E-state index is 12.3. The molecule has 1 aromatic heterocycles. The van der Waals surface area contributed by atoms with Crippen molar-refractivity contribution in [2.75, 3.05) is 4.72 Å². The summed E-state index contributed by atoms with van der Waals surface area (Å²) in [5.41, 5.74) is 3.03. The first-order chi connectivity index (χ1) is 11.8. The van der Waals surface area contributed by atoms with E-state index >= 15 is 0 Å². The van der Waals surface area contributed by atoms with Gasteiger partial charge in [0.2, 0.25) is 0 Å². The second-order valence-electron chi connectivity index (χ2n) is 5.86. The van der Waals surface area contributed by atoms with E-state index in [0.717, 1.165) is 9.79 Å². The number of sulfonamides is 1. The Balaban J connectivity index is 1.72. The van der Waals surface area contributed by atoms with Crippen molar-refractivity contribution >= 4 is 27.5 Å². The standard InChI is InChI=1S/C18H19N3O2S2/c1-13-4-7-17(10-14(13)2)24-16-8-5-15(6-9-16)20-25(22,23)18-11-21(3)12-19-18/h4-12,20H,1-3H3. The summed E-state index contributed by atoms with van der Waals surface area (Å²) in [5, 5.41) is 0.00332. The van der Waals surface area contributed by atoms with Crippen LogP contribution in [0.5, 0.6) is 0 Å². The lowest BCUT2D eigenvalue weighted by Gasteiger charge is -2.08. The summed E-state index contributed by atoms with van der Waals surface area (Å²) in [7, 11) is -1.94. The quantitative estimate of drug-likeness (QED) is 0.734. The Morgan fingerprint density at radius 1 is 1.00 bits per heavy atom. The average Bonchev–Trinajstić information content (AvgIpc) is 3.00. The zero-order valence-electron chi connectivity index (χ0n) is 14.2. The average molecular weight is 374 g/mol. The van der Waals surface area contributed by atoms with Crippen LogP contribution in [0.15, 0.2) is 69.8 Å². The van der Waals surface area contributed by atoms with Crippen LogP contribution in [0.1, 0.15) is 11.1 Å². The van der Waals surface area contributed by atoms with Gasteiger partial charge in [-0.25, -0.2) is 4.98 Å². The lowest BCUT2D eigenvalue weighted by atomic mass is 10.1. The normalized spacial score (nSPS) is 11.5. The minimum absolute atomic E-state index is 0.00332. The molecule has 0 fully saturated rings. The molecular formula is C18H19N3O2S2. The minimum atomic E-state index is -3.66. The van der Waals surface area contributed by atoms with Crippen molar-refractivity contribution in [3.05, 3.63) is 66.1 Å². The van der Waals surface area contributed by atoms with Crippen LogP contribution in [0.25, 0.3) is 0 Å². The van der Waals surface area contributed by atoms with Gasteiger partial charge in [0, 0.05) is 28.7 Å². The molecule has 25 heavy (non-hydrogen) atoms. The van der Waals surface area contributed by atoms with E-state index in [4.69, 9.17) is 0 Å². The Bertz CT molecular complexity index is 993. The minimum Gasteiger partial charge on any atom is -0.339 e. The second-order valence-corrected chi connectivity index (χ2v) is 8.63. The molecule has 2 aromatic carbocycles. The molecule has 0 aliphatic rings.